The molecule has 0 aliphatic heterocycles. The Morgan fingerprint density at radius 1 is 1.43 bits per heavy atom. The van der Waals surface area contributed by atoms with Gasteiger partial charge in [0.15, 0.2) is 6.61 Å². The van der Waals surface area contributed by atoms with Crippen molar-refractivity contribution in [1.82, 2.24) is 10.3 Å². The number of nitrogens with one attached hydrogen (secondary N) is 1. The smallest absolute Gasteiger partial charge is 0.258 e. The number of thiazole rings is 1. The van der Waals surface area contributed by atoms with Gasteiger partial charge in [0, 0.05) is 9.85 Å². The zero-order valence-corrected chi connectivity index (χ0v) is 14.3. The number of aryl methyl sites for hydroxylation is 1. The van der Waals surface area contributed by atoms with Crippen LogP contribution in [0.3, 0.4) is 0 Å². The topological polar surface area (TPSA) is 51.2 Å². The molecule has 4 nitrogen and oxygen atoms in total. The van der Waals surface area contributed by atoms with Gasteiger partial charge in [-0.1, -0.05) is 22.9 Å². The van der Waals surface area contributed by atoms with Crippen LogP contribution in [0.4, 0.5) is 0 Å². The number of hydrogen-bond acceptors (Lipinski definition) is 4. The molecule has 1 amide bonds. The summed E-state index contributed by atoms with van der Waals surface area (Å²) in [6.45, 7) is 3.99. The molecule has 1 N–H and O–H groups in total. The van der Waals surface area contributed by atoms with Gasteiger partial charge < -0.3 is 10.1 Å². The highest BCUT2D eigenvalue weighted by molar-refractivity contribution is 9.10. The molecule has 0 fully saturated rings. The number of aromatic nitrogens is 1. The minimum absolute atomic E-state index is 0.00323. The SMILES string of the molecule is CCc1nc(C(C)NC(=O)COc2ccc(Br)cc2)cs1. The maximum Gasteiger partial charge on any atom is 0.258 e. The first kappa shape index (κ1) is 16.0. The Labute approximate surface area is 136 Å². The van der Waals surface area contributed by atoms with Gasteiger partial charge in [-0.3, -0.25) is 4.79 Å². The number of amides is 1. The van der Waals surface area contributed by atoms with E-state index in [0.717, 1.165) is 21.6 Å². The Morgan fingerprint density at radius 3 is 2.76 bits per heavy atom. The van der Waals surface area contributed by atoms with Crippen LogP contribution in [0.2, 0.25) is 0 Å². The van der Waals surface area contributed by atoms with E-state index >= 15 is 0 Å². The van der Waals surface area contributed by atoms with Crippen LogP contribution in [-0.4, -0.2) is 17.5 Å². The van der Waals surface area contributed by atoms with Crippen molar-refractivity contribution in [2.24, 2.45) is 0 Å². The summed E-state index contributed by atoms with van der Waals surface area (Å²) in [5.74, 6) is 0.513. The van der Waals surface area contributed by atoms with Crippen LogP contribution >= 0.6 is 27.3 Å². The van der Waals surface area contributed by atoms with Crippen molar-refractivity contribution in [3.8, 4) is 5.75 Å². The van der Waals surface area contributed by atoms with Crippen LogP contribution in [0, 0.1) is 0 Å². The van der Waals surface area contributed by atoms with E-state index in [2.05, 4.69) is 33.2 Å². The lowest BCUT2D eigenvalue weighted by molar-refractivity contribution is -0.123. The lowest BCUT2D eigenvalue weighted by Gasteiger charge is -2.12. The zero-order chi connectivity index (χ0) is 15.2. The van der Waals surface area contributed by atoms with Crippen molar-refractivity contribution >= 4 is 33.2 Å². The van der Waals surface area contributed by atoms with Gasteiger partial charge in [0.2, 0.25) is 0 Å². The minimum atomic E-state index is -0.156. The van der Waals surface area contributed by atoms with Crippen molar-refractivity contribution in [2.45, 2.75) is 26.3 Å². The second-order valence-electron chi connectivity index (χ2n) is 4.55. The normalized spacial score (nSPS) is 12.0. The summed E-state index contributed by atoms with van der Waals surface area (Å²) in [5, 5.41) is 5.95. The molecule has 2 aromatic rings. The van der Waals surface area contributed by atoms with Crippen LogP contribution in [0.5, 0.6) is 5.75 Å². The highest BCUT2D eigenvalue weighted by Gasteiger charge is 2.13. The van der Waals surface area contributed by atoms with E-state index in [-0.39, 0.29) is 18.6 Å². The van der Waals surface area contributed by atoms with Gasteiger partial charge in [0.1, 0.15) is 5.75 Å². The molecule has 0 saturated carbocycles. The first-order valence-electron chi connectivity index (χ1n) is 6.70. The van der Waals surface area contributed by atoms with Crippen molar-refractivity contribution in [3.05, 3.63) is 44.8 Å². The van der Waals surface area contributed by atoms with E-state index in [0.29, 0.717) is 5.75 Å². The van der Waals surface area contributed by atoms with E-state index < -0.39 is 0 Å². The Morgan fingerprint density at radius 2 is 2.14 bits per heavy atom. The summed E-state index contributed by atoms with van der Waals surface area (Å²) in [7, 11) is 0. The van der Waals surface area contributed by atoms with Gasteiger partial charge >= 0.3 is 0 Å². The summed E-state index contributed by atoms with van der Waals surface area (Å²) < 4.78 is 6.41. The van der Waals surface area contributed by atoms with Gasteiger partial charge in [-0.25, -0.2) is 4.98 Å². The predicted molar refractivity (Wildman–Crippen MR) is 87.7 cm³/mol. The lowest BCUT2D eigenvalue weighted by Crippen LogP contribution is -2.31. The second-order valence-corrected chi connectivity index (χ2v) is 6.41. The molecule has 1 unspecified atom stereocenters. The van der Waals surface area contributed by atoms with E-state index in [9.17, 15) is 4.79 Å². The van der Waals surface area contributed by atoms with Gasteiger partial charge in [-0.2, -0.15) is 0 Å². The Bertz CT molecular complexity index is 598. The molecule has 0 bridgehead atoms. The Hall–Kier alpha value is -1.40. The first-order valence-corrected chi connectivity index (χ1v) is 8.37. The van der Waals surface area contributed by atoms with E-state index in [1.807, 2.05) is 36.6 Å². The average Bonchev–Trinajstić information content (AvgIpc) is 2.96. The van der Waals surface area contributed by atoms with Crippen molar-refractivity contribution in [3.63, 3.8) is 0 Å². The molecule has 112 valence electrons. The number of carbonyl (C=O) groups is 1. The minimum Gasteiger partial charge on any atom is -0.484 e. The summed E-state index contributed by atoms with van der Waals surface area (Å²) in [6, 6.07) is 7.26. The molecule has 0 saturated heterocycles. The predicted octanol–water partition coefficient (Wildman–Crippen LogP) is 3.72. The Kier molecular flexibility index (Phi) is 5.76. The van der Waals surface area contributed by atoms with Crippen molar-refractivity contribution in [2.75, 3.05) is 6.61 Å². The third-order valence-electron chi connectivity index (χ3n) is 2.88. The fourth-order valence-corrected chi connectivity index (χ4v) is 2.83. The number of ether oxygens (including phenoxy) is 1. The molecule has 0 aliphatic carbocycles. The maximum atomic E-state index is 11.9. The molecule has 1 aromatic heterocycles. The van der Waals surface area contributed by atoms with Crippen molar-refractivity contribution < 1.29 is 9.53 Å². The summed E-state index contributed by atoms with van der Waals surface area (Å²) in [6.07, 6.45) is 0.915. The summed E-state index contributed by atoms with van der Waals surface area (Å²) in [5.41, 5.74) is 0.897. The van der Waals surface area contributed by atoms with E-state index in [1.54, 1.807) is 11.3 Å². The highest BCUT2D eigenvalue weighted by atomic mass is 79.9. The lowest BCUT2D eigenvalue weighted by atomic mass is 10.2. The molecule has 0 radical (unpaired) electrons. The summed E-state index contributed by atoms with van der Waals surface area (Å²) in [4.78, 5) is 16.3. The van der Waals surface area contributed by atoms with Gasteiger partial charge in [-0.05, 0) is 37.6 Å². The van der Waals surface area contributed by atoms with Crippen LogP contribution in [0.15, 0.2) is 34.1 Å². The molecule has 0 aliphatic rings. The number of hydrogen-bond donors (Lipinski definition) is 1. The summed E-state index contributed by atoms with van der Waals surface area (Å²) >= 11 is 4.97. The monoisotopic (exact) mass is 368 g/mol. The van der Waals surface area contributed by atoms with Crippen LogP contribution in [0.1, 0.15) is 30.6 Å². The molecule has 1 atom stereocenters. The molecule has 2 rings (SSSR count). The van der Waals surface area contributed by atoms with Crippen LogP contribution < -0.4 is 10.1 Å². The molecule has 1 aromatic carbocycles. The molecule has 21 heavy (non-hydrogen) atoms. The number of carbonyl (C=O) groups excluding carboxylic acids is 1. The standard InChI is InChI=1S/C15H17BrN2O2S/c1-3-15-18-13(9-21-15)10(2)17-14(19)8-20-12-6-4-11(16)5-7-12/h4-7,9-10H,3,8H2,1-2H3,(H,17,19). The van der Waals surface area contributed by atoms with Crippen LogP contribution in [0.25, 0.3) is 0 Å². The molecule has 6 heteroatoms. The first-order chi connectivity index (χ1) is 10.1. The van der Waals surface area contributed by atoms with E-state index in [1.165, 1.54) is 0 Å². The molecule has 1 heterocycles. The second kappa shape index (κ2) is 7.56. The largest absolute Gasteiger partial charge is 0.484 e. The molecule has 0 spiro atoms. The fourth-order valence-electron chi connectivity index (χ4n) is 1.72. The van der Waals surface area contributed by atoms with Gasteiger partial charge in [-0.15, -0.1) is 11.3 Å². The van der Waals surface area contributed by atoms with Gasteiger partial charge in [0.25, 0.3) is 5.91 Å². The maximum absolute atomic E-state index is 11.9. The number of rotatable bonds is 6. The van der Waals surface area contributed by atoms with E-state index in [4.69, 9.17) is 4.74 Å². The Balaban J connectivity index is 1.82. The number of benzene rings is 1. The quantitative estimate of drug-likeness (QED) is 0.844. The molecular formula is C15H17BrN2O2S. The number of halogens is 1. The fraction of sp³-hybridized carbons (Fsp3) is 0.333. The van der Waals surface area contributed by atoms with Crippen LogP contribution in [-0.2, 0) is 11.2 Å². The average molecular weight is 369 g/mol. The third kappa shape index (κ3) is 4.82. The molecular weight excluding hydrogens is 352 g/mol. The third-order valence-corrected chi connectivity index (χ3v) is 4.42. The zero-order valence-electron chi connectivity index (χ0n) is 11.9. The highest BCUT2D eigenvalue weighted by Crippen LogP contribution is 2.18. The van der Waals surface area contributed by atoms with Crippen molar-refractivity contribution in [1.29, 1.82) is 0 Å². The number of nitrogens with zero attached hydrogens (tertiary/aromatic N) is 1. The van der Waals surface area contributed by atoms with Gasteiger partial charge in [0.05, 0.1) is 16.7 Å².